The van der Waals surface area contributed by atoms with E-state index < -0.39 is 0 Å². The second-order valence-corrected chi connectivity index (χ2v) is 9.31. The number of ether oxygens (including phenoxy) is 1. The van der Waals surface area contributed by atoms with Gasteiger partial charge in [0.1, 0.15) is 17.3 Å². The van der Waals surface area contributed by atoms with Crippen molar-refractivity contribution < 1.29 is 14.3 Å². The topological polar surface area (TPSA) is 126 Å². The molecule has 1 fully saturated rings. The van der Waals surface area contributed by atoms with E-state index >= 15 is 0 Å². The van der Waals surface area contributed by atoms with Gasteiger partial charge in [0.05, 0.1) is 19.0 Å². The zero-order valence-corrected chi connectivity index (χ0v) is 21.0. The van der Waals surface area contributed by atoms with Gasteiger partial charge in [0, 0.05) is 32.2 Å². The first-order valence-electron chi connectivity index (χ1n) is 12.2. The highest BCUT2D eigenvalue weighted by Gasteiger charge is 2.28. The number of pyridine rings is 1. The molecule has 3 N–H and O–H groups in total. The maximum atomic E-state index is 13.3. The standard InChI is InChI=1S/C26H33N7O3/c1-17(2)33(16-27)24(28)21-7-6-8-23(29-21)30-25(34)20-13-19-15-32(26(35)31-10-4-5-11-31)12-9-18(19)14-22(20)36-3/h6-8,13-14,16-17,27-28H,4-5,9-12,15H2,1-3H3,(H,29,30,34). The number of hydrogen-bond acceptors (Lipinski definition) is 6. The third-order valence-electron chi connectivity index (χ3n) is 6.61. The van der Waals surface area contributed by atoms with E-state index in [4.69, 9.17) is 15.6 Å². The maximum Gasteiger partial charge on any atom is 0.320 e. The Hall–Kier alpha value is -3.95. The highest BCUT2D eigenvalue weighted by molar-refractivity contribution is 6.06. The first-order valence-corrected chi connectivity index (χ1v) is 12.2. The van der Waals surface area contributed by atoms with Crippen LogP contribution in [-0.4, -0.2) is 76.6 Å². The van der Waals surface area contributed by atoms with E-state index in [1.165, 1.54) is 12.0 Å². The van der Waals surface area contributed by atoms with Gasteiger partial charge in [0.15, 0.2) is 5.84 Å². The zero-order chi connectivity index (χ0) is 25.8. The molecule has 190 valence electrons. The summed E-state index contributed by atoms with van der Waals surface area (Å²) in [5.41, 5.74) is 2.71. The molecule has 4 rings (SSSR count). The molecule has 0 saturated carbocycles. The van der Waals surface area contributed by atoms with E-state index in [0.717, 1.165) is 43.4 Å². The number of methoxy groups -OCH3 is 1. The lowest BCUT2D eigenvalue weighted by Gasteiger charge is -2.32. The molecule has 0 unspecified atom stereocenters. The van der Waals surface area contributed by atoms with Gasteiger partial charge in [-0.3, -0.25) is 15.6 Å². The normalized spacial score (nSPS) is 14.9. The summed E-state index contributed by atoms with van der Waals surface area (Å²) in [6, 6.07) is 8.69. The molecular formula is C26H33N7O3. The Bertz CT molecular complexity index is 1170. The number of likely N-dealkylation sites (tertiary alicyclic amines) is 1. The molecule has 10 heteroatoms. The molecule has 2 aliphatic heterocycles. The number of amidine groups is 1. The number of amides is 3. The third-order valence-corrected chi connectivity index (χ3v) is 6.61. The SMILES string of the molecule is COc1cc2c(cc1C(=O)Nc1cccc(C(=N)N(C=N)C(C)C)n1)CN(C(=O)N1CCCC1)CC2. The van der Waals surface area contributed by atoms with Gasteiger partial charge in [-0.1, -0.05) is 6.07 Å². The van der Waals surface area contributed by atoms with Crippen LogP contribution in [0.15, 0.2) is 30.3 Å². The summed E-state index contributed by atoms with van der Waals surface area (Å²) in [6.45, 7) is 6.46. The van der Waals surface area contributed by atoms with Gasteiger partial charge < -0.3 is 24.8 Å². The minimum Gasteiger partial charge on any atom is -0.496 e. The molecule has 1 aromatic heterocycles. The molecule has 0 spiro atoms. The molecule has 36 heavy (non-hydrogen) atoms. The number of aromatic nitrogens is 1. The van der Waals surface area contributed by atoms with E-state index in [0.29, 0.717) is 42.3 Å². The molecule has 3 amide bonds. The van der Waals surface area contributed by atoms with Crippen molar-refractivity contribution in [1.82, 2.24) is 19.7 Å². The summed E-state index contributed by atoms with van der Waals surface area (Å²) in [6.07, 6.45) is 3.89. The van der Waals surface area contributed by atoms with Gasteiger partial charge >= 0.3 is 6.03 Å². The summed E-state index contributed by atoms with van der Waals surface area (Å²) < 4.78 is 5.52. The Kier molecular flexibility index (Phi) is 7.52. The molecular weight excluding hydrogens is 458 g/mol. The van der Waals surface area contributed by atoms with Gasteiger partial charge in [-0.15, -0.1) is 0 Å². The van der Waals surface area contributed by atoms with Crippen molar-refractivity contribution >= 4 is 29.9 Å². The van der Waals surface area contributed by atoms with Gasteiger partial charge in [0.25, 0.3) is 5.91 Å². The van der Waals surface area contributed by atoms with Crippen LogP contribution in [0.25, 0.3) is 0 Å². The van der Waals surface area contributed by atoms with E-state index in [-0.39, 0.29) is 23.8 Å². The minimum absolute atomic E-state index is 0.0591. The largest absolute Gasteiger partial charge is 0.496 e. The van der Waals surface area contributed by atoms with Crippen LogP contribution in [0.2, 0.25) is 0 Å². The van der Waals surface area contributed by atoms with Crippen molar-refractivity contribution in [3.63, 3.8) is 0 Å². The van der Waals surface area contributed by atoms with Crippen LogP contribution in [0.3, 0.4) is 0 Å². The van der Waals surface area contributed by atoms with Gasteiger partial charge in [-0.05, 0) is 68.5 Å². The Morgan fingerprint density at radius 2 is 1.89 bits per heavy atom. The number of fused-ring (bicyclic) bond motifs is 1. The number of carbonyl (C=O) groups is 2. The number of nitrogens with one attached hydrogen (secondary N) is 3. The van der Waals surface area contributed by atoms with Crippen molar-refractivity contribution in [3.05, 3.63) is 52.7 Å². The molecule has 0 radical (unpaired) electrons. The van der Waals surface area contributed by atoms with Crippen molar-refractivity contribution in [2.75, 3.05) is 32.1 Å². The molecule has 0 bridgehead atoms. The fourth-order valence-corrected chi connectivity index (χ4v) is 4.63. The van der Waals surface area contributed by atoms with Gasteiger partial charge in [-0.25, -0.2) is 9.78 Å². The highest BCUT2D eigenvalue weighted by Crippen LogP contribution is 2.29. The van der Waals surface area contributed by atoms with Crippen LogP contribution >= 0.6 is 0 Å². The molecule has 3 heterocycles. The fraction of sp³-hybridized carbons (Fsp3) is 0.423. The average Bonchev–Trinajstić information content (AvgIpc) is 3.42. The van der Waals surface area contributed by atoms with Crippen molar-refractivity contribution in [3.8, 4) is 5.75 Å². The van der Waals surface area contributed by atoms with Crippen LogP contribution in [0, 0.1) is 10.8 Å². The van der Waals surface area contributed by atoms with Crippen LogP contribution in [-0.2, 0) is 13.0 Å². The van der Waals surface area contributed by atoms with Crippen LogP contribution < -0.4 is 10.1 Å². The Balaban J connectivity index is 1.54. The number of hydrogen-bond donors (Lipinski definition) is 3. The van der Waals surface area contributed by atoms with Crippen LogP contribution in [0.5, 0.6) is 5.75 Å². The molecule has 2 aliphatic rings. The summed E-state index contributed by atoms with van der Waals surface area (Å²) in [5.74, 6) is 0.442. The number of nitrogens with zero attached hydrogens (tertiary/aromatic N) is 4. The predicted molar refractivity (Wildman–Crippen MR) is 138 cm³/mol. The average molecular weight is 492 g/mol. The van der Waals surface area contributed by atoms with Crippen LogP contribution in [0.4, 0.5) is 10.6 Å². The molecule has 0 aliphatic carbocycles. The number of anilines is 1. The highest BCUT2D eigenvalue weighted by atomic mass is 16.5. The summed E-state index contributed by atoms with van der Waals surface area (Å²) >= 11 is 0. The molecule has 0 atom stereocenters. The van der Waals surface area contributed by atoms with E-state index in [1.807, 2.05) is 29.7 Å². The molecule has 10 nitrogen and oxygen atoms in total. The fourth-order valence-electron chi connectivity index (χ4n) is 4.63. The van der Waals surface area contributed by atoms with Gasteiger partial charge in [0.2, 0.25) is 0 Å². The Morgan fingerprint density at radius 1 is 1.14 bits per heavy atom. The monoisotopic (exact) mass is 491 g/mol. The second kappa shape index (κ2) is 10.8. The Morgan fingerprint density at radius 3 is 2.56 bits per heavy atom. The van der Waals surface area contributed by atoms with Gasteiger partial charge in [-0.2, -0.15) is 0 Å². The second-order valence-electron chi connectivity index (χ2n) is 9.31. The first kappa shape index (κ1) is 25.2. The lowest BCUT2D eigenvalue weighted by molar-refractivity contribution is 0.102. The number of rotatable bonds is 6. The zero-order valence-electron chi connectivity index (χ0n) is 21.0. The summed E-state index contributed by atoms with van der Waals surface area (Å²) in [4.78, 5) is 35.8. The molecule has 1 aromatic carbocycles. The first-order chi connectivity index (χ1) is 17.3. The van der Waals surface area contributed by atoms with Crippen molar-refractivity contribution in [2.24, 2.45) is 0 Å². The summed E-state index contributed by atoms with van der Waals surface area (Å²) in [7, 11) is 1.53. The lowest BCUT2D eigenvalue weighted by Crippen LogP contribution is -2.44. The lowest BCUT2D eigenvalue weighted by atomic mass is 9.96. The Labute approximate surface area is 211 Å². The van der Waals surface area contributed by atoms with Crippen molar-refractivity contribution in [2.45, 2.75) is 45.7 Å². The van der Waals surface area contributed by atoms with E-state index in [9.17, 15) is 9.59 Å². The molecule has 1 saturated heterocycles. The maximum absolute atomic E-state index is 13.3. The minimum atomic E-state index is -0.387. The van der Waals surface area contributed by atoms with E-state index in [1.54, 1.807) is 24.3 Å². The predicted octanol–water partition coefficient (Wildman–Crippen LogP) is 3.56. The van der Waals surface area contributed by atoms with Crippen molar-refractivity contribution in [1.29, 1.82) is 10.8 Å². The number of urea groups is 1. The van der Waals surface area contributed by atoms with E-state index in [2.05, 4.69) is 10.3 Å². The third kappa shape index (κ3) is 5.17. The smallest absolute Gasteiger partial charge is 0.320 e. The molecule has 2 aromatic rings. The number of benzene rings is 1. The summed E-state index contributed by atoms with van der Waals surface area (Å²) in [5, 5.41) is 18.8. The quantitative estimate of drug-likeness (QED) is 0.421. The number of carbonyl (C=O) groups excluding carboxylic acids is 2. The van der Waals surface area contributed by atoms with Crippen LogP contribution in [0.1, 0.15) is 53.9 Å².